The molecular weight excluding hydrogens is 297 g/mol. The number of hydrogen-bond acceptors (Lipinski definition) is 3. The number of aromatic nitrogens is 2. The predicted molar refractivity (Wildman–Crippen MR) is 52.9 cm³/mol. The highest BCUT2D eigenvalue weighted by Gasteiger charge is 2.36. The van der Waals surface area contributed by atoms with E-state index >= 15 is 0 Å². The molecule has 80 valence electrons. The molecule has 2 heterocycles. The standard InChI is InChI=1S/C7H2BrF3N2OS/c8-5-3-2(1-15-5)12-6(14)4(13-3)7(9,10)11/h1H,(H,12,14). The molecule has 2 aromatic heterocycles. The molecule has 0 aliphatic heterocycles. The number of thiophene rings is 1. The topological polar surface area (TPSA) is 45.8 Å². The van der Waals surface area contributed by atoms with Crippen molar-refractivity contribution >= 4 is 38.3 Å². The average Bonchev–Trinajstić information content (AvgIpc) is 2.44. The van der Waals surface area contributed by atoms with E-state index in [-0.39, 0.29) is 5.52 Å². The van der Waals surface area contributed by atoms with E-state index in [0.29, 0.717) is 9.30 Å². The lowest BCUT2D eigenvalue weighted by atomic mass is 10.4. The maximum atomic E-state index is 12.3. The van der Waals surface area contributed by atoms with Crippen LogP contribution in [0.5, 0.6) is 0 Å². The van der Waals surface area contributed by atoms with Crippen molar-refractivity contribution in [1.82, 2.24) is 9.97 Å². The number of nitrogens with zero attached hydrogens (tertiary/aromatic N) is 1. The molecule has 0 aliphatic carbocycles. The normalized spacial score (nSPS) is 12.3. The SMILES string of the molecule is O=c1[nH]c2csc(Br)c2nc1C(F)(F)F. The van der Waals surface area contributed by atoms with Crippen LogP contribution < -0.4 is 5.56 Å². The third-order valence-electron chi connectivity index (χ3n) is 1.68. The Kier molecular flexibility index (Phi) is 2.34. The minimum Gasteiger partial charge on any atom is -0.318 e. The zero-order valence-corrected chi connectivity index (χ0v) is 9.26. The number of aromatic amines is 1. The van der Waals surface area contributed by atoms with Gasteiger partial charge >= 0.3 is 6.18 Å². The summed E-state index contributed by atoms with van der Waals surface area (Å²) in [6.07, 6.45) is -4.73. The van der Waals surface area contributed by atoms with E-state index in [1.165, 1.54) is 5.38 Å². The predicted octanol–water partition coefficient (Wildman–Crippen LogP) is 2.77. The summed E-state index contributed by atoms with van der Waals surface area (Å²) in [5.41, 5.74) is -2.23. The zero-order valence-electron chi connectivity index (χ0n) is 6.85. The molecule has 8 heteroatoms. The summed E-state index contributed by atoms with van der Waals surface area (Å²) >= 11 is 4.22. The molecule has 0 atom stereocenters. The quantitative estimate of drug-likeness (QED) is 0.813. The molecule has 2 aromatic rings. The number of rotatable bonds is 0. The molecule has 3 nitrogen and oxygen atoms in total. The Labute approximate surface area is 93.1 Å². The number of hydrogen-bond donors (Lipinski definition) is 1. The molecular formula is C7H2BrF3N2OS. The number of H-pyrrole nitrogens is 1. The highest BCUT2D eigenvalue weighted by molar-refractivity contribution is 9.11. The van der Waals surface area contributed by atoms with Crippen molar-refractivity contribution < 1.29 is 13.2 Å². The van der Waals surface area contributed by atoms with Crippen molar-refractivity contribution in [3.8, 4) is 0 Å². The Hall–Kier alpha value is -0.890. The van der Waals surface area contributed by atoms with Crippen molar-refractivity contribution in [2.24, 2.45) is 0 Å². The van der Waals surface area contributed by atoms with Crippen LogP contribution in [-0.4, -0.2) is 9.97 Å². The lowest BCUT2D eigenvalue weighted by Gasteiger charge is -2.03. The third-order valence-corrected chi connectivity index (χ3v) is 3.37. The van der Waals surface area contributed by atoms with Crippen molar-refractivity contribution in [2.45, 2.75) is 6.18 Å². The minimum absolute atomic E-state index is 0.118. The van der Waals surface area contributed by atoms with Gasteiger partial charge in [-0.05, 0) is 15.9 Å². The van der Waals surface area contributed by atoms with Crippen molar-refractivity contribution in [3.63, 3.8) is 0 Å². The van der Waals surface area contributed by atoms with Crippen LogP contribution in [0, 0.1) is 0 Å². The van der Waals surface area contributed by atoms with Gasteiger partial charge in [0.2, 0.25) is 5.69 Å². The Balaban J connectivity index is 2.82. The summed E-state index contributed by atoms with van der Waals surface area (Å²) < 4.78 is 37.4. The Morgan fingerprint density at radius 1 is 1.47 bits per heavy atom. The molecule has 0 fully saturated rings. The zero-order chi connectivity index (χ0) is 11.2. The fourth-order valence-corrected chi connectivity index (χ4v) is 2.30. The lowest BCUT2D eigenvalue weighted by Crippen LogP contribution is -2.23. The van der Waals surface area contributed by atoms with E-state index in [1.54, 1.807) is 0 Å². The van der Waals surface area contributed by atoms with Crippen LogP contribution in [0.2, 0.25) is 0 Å². The van der Waals surface area contributed by atoms with Crippen LogP contribution in [-0.2, 0) is 6.18 Å². The summed E-state index contributed by atoms with van der Waals surface area (Å²) in [6, 6.07) is 0. The first-order valence-corrected chi connectivity index (χ1v) is 5.31. The summed E-state index contributed by atoms with van der Waals surface area (Å²) in [5, 5.41) is 1.52. The molecule has 0 aliphatic rings. The number of halogens is 4. The maximum absolute atomic E-state index is 12.3. The highest BCUT2D eigenvalue weighted by atomic mass is 79.9. The van der Waals surface area contributed by atoms with E-state index in [0.717, 1.165) is 11.3 Å². The number of fused-ring (bicyclic) bond motifs is 1. The number of nitrogens with one attached hydrogen (secondary N) is 1. The van der Waals surface area contributed by atoms with Gasteiger partial charge in [0.05, 0.1) is 9.30 Å². The molecule has 0 saturated carbocycles. The monoisotopic (exact) mass is 298 g/mol. The van der Waals surface area contributed by atoms with E-state index < -0.39 is 17.4 Å². The molecule has 2 rings (SSSR count). The van der Waals surface area contributed by atoms with Crippen LogP contribution in [0.1, 0.15) is 5.69 Å². The summed E-state index contributed by atoms with van der Waals surface area (Å²) in [4.78, 5) is 16.5. The van der Waals surface area contributed by atoms with Crippen LogP contribution in [0.4, 0.5) is 13.2 Å². The smallest absolute Gasteiger partial charge is 0.318 e. The van der Waals surface area contributed by atoms with Gasteiger partial charge in [0, 0.05) is 5.38 Å². The third kappa shape index (κ3) is 1.78. The second-order valence-corrected chi connectivity index (χ2v) is 4.88. The molecule has 1 N–H and O–H groups in total. The molecule has 0 amide bonds. The molecule has 0 aromatic carbocycles. The average molecular weight is 299 g/mol. The fraction of sp³-hybridized carbons (Fsp3) is 0.143. The first-order valence-electron chi connectivity index (χ1n) is 3.64. The molecule has 0 saturated heterocycles. The first-order chi connectivity index (χ1) is 6.89. The van der Waals surface area contributed by atoms with Crippen molar-refractivity contribution in [3.05, 3.63) is 25.2 Å². The van der Waals surface area contributed by atoms with Crippen LogP contribution in [0.15, 0.2) is 14.0 Å². The van der Waals surface area contributed by atoms with E-state index in [1.807, 2.05) is 0 Å². The molecule has 0 bridgehead atoms. The second-order valence-electron chi connectivity index (χ2n) is 2.68. The first kappa shape index (κ1) is 10.6. The minimum atomic E-state index is -4.73. The second kappa shape index (κ2) is 3.31. The van der Waals surface area contributed by atoms with Crippen molar-refractivity contribution in [1.29, 1.82) is 0 Å². The van der Waals surface area contributed by atoms with Gasteiger partial charge in [0.1, 0.15) is 5.52 Å². The molecule has 0 spiro atoms. The van der Waals surface area contributed by atoms with Crippen LogP contribution in [0.25, 0.3) is 11.0 Å². The molecule has 15 heavy (non-hydrogen) atoms. The fourth-order valence-electron chi connectivity index (χ4n) is 1.06. The molecule has 0 unspecified atom stereocenters. The van der Waals surface area contributed by atoms with Gasteiger partial charge < -0.3 is 4.98 Å². The lowest BCUT2D eigenvalue weighted by molar-refractivity contribution is -0.142. The van der Waals surface area contributed by atoms with Gasteiger partial charge in [0.25, 0.3) is 5.56 Å². The van der Waals surface area contributed by atoms with Gasteiger partial charge in [-0.15, -0.1) is 11.3 Å². The summed E-state index contributed by atoms with van der Waals surface area (Å²) in [7, 11) is 0. The van der Waals surface area contributed by atoms with E-state index in [4.69, 9.17) is 0 Å². The van der Waals surface area contributed by atoms with Gasteiger partial charge in [-0.25, -0.2) is 4.98 Å². The number of alkyl halides is 3. The van der Waals surface area contributed by atoms with E-state index in [9.17, 15) is 18.0 Å². The Bertz CT molecular complexity index is 574. The molecule has 0 radical (unpaired) electrons. The van der Waals surface area contributed by atoms with E-state index in [2.05, 4.69) is 25.9 Å². The van der Waals surface area contributed by atoms with Gasteiger partial charge in [-0.1, -0.05) is 0 Å². The largest absolute Gasteiger partial charge is 0.438 e. The van der Waals surface area contributed by atoms with Crippen LogP contribution >= 0.6 is 27.3 Å². The van der Waals surface area contributed by atoms with Gasteiger partial charge in [-0.3, -0.25) is 4.79 Å². The van der Waals surface area contributed by atoms with Crippen molar-refractivity contribution in [2.75, 3.05) is 0 Å². The Morgan fingerprint density at radius 2 is 2.13 bits per heavy atom. The highest BCUT2D eigenvalue weighted by Crippen LogP contribution is 2.30. The van der Waals surface area contributed by atoms with Gasteiger partial charge in [-0.2, -0.15) is 13.2 Å². The van der Waals surface area contributed by atoms with Crippen LogP contribution in [0.3, 0.4) is 0 Å². The van der Waals surface area contributed by atoms with Gasteiger partial charge in [0.15, 0.2) is 0 Å². The maximum Gasteiger partial charge on any atom is 0.438 e. The Morgan fingerprint density at radius 3 is 2.73 bits per heavy atom. The summed E-state index contributed by atoms with van der Waals surface area (Å²) in [5.74, 6) is 0. The summed E-state index contributed by atoms with van der Waals surface area (Å²) in [6.45, 7) is 0.